The maximum atomic E-state index is 14.1. The van der Waals surface area contributed by atoms with Crippen LogP contribution in [0.15, 0.2) is 37.8 Å². The van der Waals surface area contributed by atoms with Crippen molar-refractivity contribution < 1.29 is 4.39 Å². The third kappa shape index (κ3) is 3.22. The number of rotatable bonds is 4. The van der Waals surface area contributed by atoms with Crippen LogP contribution in [0.5, 0.6) is 0 Å². The van der Waals surface area contributed by atoms with E-state index in [2.05, 4.69) is 15.4 Å². The van der Waals surface area contributed by atoms with Gasteiger partial charge in [0.1, 0.15) is 5.82 Å². The molecule has 1 atom stereocenters. The molecular weight excluding hydrogens is 295 g/mol. The summed E-state index contributed by atoms with van der Waals surface area (Å²) in [5.41, 5.74) is -0.947. The zero-order valence-electron chi connectivity index (χ0n) is 11.8. The van der Waals surface area contributed by atoms with Crippen molar-refractivity contribution in [3.8, 4) is 0 Å². The van der Waals surface area contributed by atoms with E-state index in [1.807, 2.05) is 6.92 Å². The molecule has 112 valence electrons. The topological polar surface area (TPSA) is 79.8 Å². The van der Waals surface area contributed by atoms with Gasteiger partial charge < -0.3 is 5.32 Å². The Hall–Kier alpha value is -1.93. The van der Waals surface area contributed by atoms with Gasteiger partial charge in [0.2, 0.25) is 0 Å². The van der Waals surface area contributed by atoms with Crippen LogP contribution >= 0.6 is 11.8 Å². The SMILES string of the molecule is CNC(C)c1cccc(F)c1Sc1nc(=O)c(=O)[nH]n1C. The van der Waals surface area contributed by atoms with Crippen LogP contribution in [-0.4, -0.2) is 21.8 Å². The van der Waals surface area contributed by atoms with E-state index in [4.69, 9.17) is 0 Å². The molecule has 1 heterocycles. The molecular formula is C13H15FN4O2S. The molecule has 0 radical (unpaired) electrons. The summed E-state index contributed by atoms with van der Waals surface area (Å²) < 4.78 is 15.4. The summed E-state index contributed by atoms with van der Waals surface area (Å²) in [6, 6.07) is 4.71. The van der Waals surface area contributed by atoms with E-state index in [9.17, 15) is 14.0 Å². The standard InChI is InChI=1S/C13H15FN4O2S/c1-7(15-2)8-5-4-6-9(14)10(8)21-13-16-11(19)12(20)17-18(13)3/h4-7,15H,1-3H3,(H,17,20). The third-order valence-electron chi connectivity index (χ3n) is 3.04. The first-order chi connectivity index (χ1) is 9.93. The molecule has 0 spiro atoms. The Labute approximate surface area is 124 Å². The van der Waals surface area contributed by atoms with Crippen LogP contribution in [0, 0.1) is 5.82 Å². The van der Waals surface area contributed by atoms with Gasteiger partial charge in [-0.1, -0.05) is 12.1 Å². The van der Waals surface area contributed by atoms with Gasteiger partial charge in [-0.15, -0.1) is 0 Å². The van der Waals surface area contributed by atoms with Crippen LogP contribution in [0.25, 0.3) is 0 Å². The van der Waals surface area contributed by atoms with Gasteiger partial charge in [-0.05, 0) is 37.4 Å². The summed E-state index contributed by atoms with van der Waals surface area (Å²) in [5.74, 6) is -0.403. The summed E-state index contributed by atoms with van der Waals surface area (Å²) in [4.78, 5) is 26.6. The van der Waals surface area contributed by atoms with Crippen molar-refractivity contribution in [3.05, 3.63) is 50.3 Å². The molecule has 0 amide bonds. The van der Waals surface area contributed by atoms with Crippen molar-refractivity contribution in [2.45, 2.75) is 23.0 Å². The zero-order valence-corrected chi connectivity index (χ0v) is 12.6. The summed E-state index contributed by atoms with van der Waals surface area (Å²) >= 11 is 1.00. The van der Waals surface area contributed by atoms with Crippen molar-refractivity contribution in [1.82, 2.24) is 20.1 Å². The Morgan fingerprint density at radius 2 is 2.14 bits per heavy atom. The Balaban J connectivity index is 2.52. The van der Waals surface area contributed by atoms with Crippen molar-refractivity contribution in [2.75, 3.05) is 7.05 Å². The second kappa shape index (κ2) is 6.23. The normalized spacial score (nSPS) is 12.4. The van der Waals surface area contributed by atoms with Crippen molar-refractivity contribution in [1.29, 1.82) is 0 Å². The smallest absolute Gasteiger partial charge is 0.313 e. The molecule has 0 aliphatic carbocycles. The number of H-pyrrole nitrogens is 1. The van der Waals surface area contributed by atoms with Gasteiger partial charge in [0.25, 0.3) is 0 Å². The number of nitrogens with one attached hydrogen (secondary N) is 2. The highest BCUT2D eigenvalue weighted by molar-refractivity contribution is 7.99. The largest absolute Gasteiger partial charge is 0.339 e. The van der Waals surface area contributed by atoms with Gasteiger partial charge in [0.15, 0.2) is 5.16 Å². The average molecular weight is 310 g/mol. The molecule has 1 aromatic carbocycles. The Kier molecular flexibility index (Phi) is 4.59. The molecule has 0 saturated carbocycles. The molecule has 0 saturated heterocycles. The molecule has 2 rings (SSSR count). The maximum absolute atomic E-state index is 14.1. The molecule has 6 nitrogen and oxygen atoms in total. The molecule has 21 heavy (non-hydrogen) atoms. The lowest BCUT2D eigenvalue weighted by atomic mass is 10.1. The molecule has 0 bridgehead atoms. The van der Waals surface area contributed by atoms with E-state index in [1.54, 1.807) is 19.2 Å². The quantitative estimate of drug-likeness (QED) is 0.825. The van der Waals surface area contributed by atoms with Crippen molar-refractivity contribution in [2.24, 2.45) is 7.05 Å². The predicted molar refractivity (Wildman–Crippen MR) is 78.1 cm³/mol. The van der Waals surface area contributed by atoms with E-state index in [0.717, 1.165) is 17.3 Å². The number of aromatic nitrogens is 3. The van der Waals surface area contributed by atoms with E-state index in [0.29, 0.717) is 4.90 Å². The average Bonchev–Trinajstić information content (AvgIpc) is 2.45. The second-order valence-corrected chi connectivity index (χ2v) is 5.45. The molecule has 8 heteroatoms. The lowest BCUT2D eigenvalue weighted by Crippen LogP contribution is -2.33. The van der Waals surface area contributed by atoms with E-state index < -0.39 is 16.9 Å². The first-order valence-corrected chi connectivity index (χ1v) is 7.06. The number of nitrogens with zero attached hydrogens (tertiary/aromatic N) is 2. The Bertz CT molecular complexity index is 771. The van der Waals surface area contributed by atoms with Crippen molar-refractivity contribution >= 4 is 11.8 Å². The third-order valence-corrected chi connectivity index (χ3v) is 4.22. The van der Waals surface area contributed by atoms with Gasteiger partial charge in [-0.25, -0.2) is 4.39 Å². The lowest BCUT2D eigenvalue weighted by molar-refractivity contribution is 0.570. The highest BCUT2D eigenvalue weighted by Gasteiger charge is 2.16. The van der Waals surface area contributed by atoms with Gasteiger partial charge >= 0.3 is 11.1 Å². The van der Waals surface area contributed by atoms with Crippen LogP contribution in [0.2, 0.25) is 0 Å². The minimum atomic E-state index is -0.893. The number of hydrogen-bond donors (Lipinski definition) is 2. The van der Waals surface area contributed by atoms with Crippen LogP contribution in [0.1, 0.15) is 18.5 Å². The fourth-order valence-electron chi connectivity index (χ4n) is 1.77. The molecule has 2 aromatic rings. The van der Waals surface area contributed by atoms with Crippen LogP contribution < -0.4 is 16.4 Å². The van der Waals surface area contributed by atoms with Crippen molar-refractivity contribution in [3.63, 3.8) is 0 Å². The first kappa shape index (κ1) is 15.5. The summed E-state index contributed by atoms with van der Waals surface area (Å²) in [6.45, 7) is 1.90. The Morgan fingerprint density at radius 1 is 1.43 bits per heavy atom. The molecule has 0 aliphatic rings. The minimum Gasteiger partial charge on any atom is -0.313 e. The van der Waals surface area contributed by atoms with Gasteiger partial charge in [-0.3, -0.25) is 19.4 Å². The second-order valence-electron chi connectivity index (χ2n) is 4.47. The number of benzene rings is 1. The van der Waals surface area contributed by atoms with Crippen LogP contribution in [0.4, 0.5) is 4.39 Å². The number of aromatic amines is 1. The maximum Gasteiger partial charge on any atom is 0.339 e. The fraction of sp³-hybridized carbons (Fsp3) is 0.308. The number of aryl methyl sites for hydroxylation is 1. The summed E-state index contributed by atoms with van der Waals surface area (Å²) in [6.07, 6.45) is 0. The van der Waals surface area contributed by atoms with E-state index in [1.165, 1.54) is 17.8 Å². The van der Waals surface area contributed by atoms with Gasteiger partial charge in [0, 0.05) is 13.1 Å². The minimum absolute atomic E-state index is 0.0667. The molecule has 2 N–H and O–H groups in total. The van der Waals surface area contributed by atoms with E-state index in [-0.39, 0.29) is 11.2 Å². The highest BCUT2D eigenvalue weighted by Crippen LogP contribution is 2.33. The predicted octanol–water partition coefficient (Wildman–Crippen LogP) is 1.04. The molecule has 1 aromatic heterocycles. The molecule has 1 unspecified atom stereocenters. The van der Waals surface area contributed by atoms with Gasteiger partial charge in [0.05, 0.1) is 4.90 Å². The summed E-state index contributed by atoms with van der Waals surface area (Å²) in [7, 11) is 3.32. The van der Waals surface area contributed by atoms with Crippen LogP contribution in [-0.2, 0) is 7.05 Å². The fourth-order valence-corrected chi connectivity index (χ4v) is 2.79. The Morgan fingerprint density at radius 3 is 2.81 bits per heavy atom. The van der Waals surface area contributed by atoms with E-state index >= 15 is 0 Å². The zero-order chi connectivity index (χ0) is 15.6. The lowest BCUT2D eigenvalue weighted by Gasteiger charge is -2.16. The number of halogens is 1. The number of hydrogen-bond acceptors (Lipinski definition) is 5. The summed E-state index contributed by atoms with van der Waals surface area (Å²) in [5, 5.41) is 5.60. The highest BCUT2D eigenvalue weighted by atomic mass is 32.2. The first-order valence-electron chi connectivity index (χ1n) is 6.25. The monoisotopic (exact) mass is 310 g/mol. The molecule has 0 fully saturated rings. The van der Waals surface area contributed by atoms with Crippen LogP contribution in [0.3, 0.4) is 0 Å². The van der Waals surface area contributed by atoms with Gasteiger partial charge in [-0.2, -0.15) is 4.98 Å². The molecule has 0 aliphatic heterocycles.